The Bertz CT molecular complexity index is 1610. The van der Waals surface area contributed by atoms with E-state index in [4.69, 9.17) is 0 Å². The maximum absolute atomic E-state index is 12.5. The van der Waals surface area contributed by atoms with Crippen LogP contribution in [0.25, 0.3) is 53.9 Å². The highest BCUT2D eigenvalue weighted by atomic mass is 16.2. The lowest BCUT2D eigenvalue weighted by molar-refractivity contribution is 1.55. The second-order valence-corrected chi connectivity index (χ2v) is 6.85. The van der Waals surface area contributed by atoms with Gasteiger partial charge in [0.05, 0.1) is 0 Å². The molecule has 0 saturated heterocycles. The number of rotatable bonds is 0. The molecule has 0 atom stereocenters. The van der Waals surface area contributed by atoms with Gasteiger partial charge < -0.3 is 0 Å². The highest BCUT2D eigenvalue weighted by molar-refractivity contribution is 6.38. The molecular weight excluding hydrogens is 320 g/mol. The average molecular weight is 332 g/mol. The third-order valence-corrected chi connectivity index (χ3v) is 5.54. The van der Waals surface area contributed by atoms with E-state index in [1.165, 1.54) is 33.0 Å². The van der Waals surface area contributed by atoms with Crippen molar-refractivity contribution >= 4 is 53.9 Å². The lowest BCUT2D eigenvalue weighted by Crippen LogP contribution is -2.22. The van der Waals surface area contributed by atoms with Crippen LogP contribution in [0.15, 0.2) is 82.4 Å². The largest absolute Gasteiger partial charge is 0.286 e. The first-order valence-corrected chi connectivity index (χ1v) is 8.63. The van der Waals surface area contributed by atoms with E-state index in [-0.39, 0.29) is 0 Å². The molecule has 26 heavy (non-hydrogen) atoms. The van der Waals surface area contributed by atoms with Gasteiger partial charge in [-0.05, 0) is 66.7 Å². The highest BCUT2D eigenvalue weighted by Gasteiger charge is 2.16. The van der Waals surface area contributed by atoms with Crippen molar-refractivity contribution in [2.45, 2.75) is 0 Å². The zero-order valence-electron chi connectivity index (χ0n) is 13.7. The predicted octanol–water partition coefficient (Wildman–Crippen LogP) is 5.05. The molecule has 0 aliphatic rings. The first-order chi connectivity index (χ1) is 12.7. The smallest absolute Gasteiger partial charge is 0.233 e. The van der Waals surface area contributed by atoms with Gasteiger partial charge in [0, 0.05) is 5.39 Å². The van der Waals surface area contributed by atoms with E-state index in [1.807, 2.05) is 18.2 Å². The average Bonchev–Trinajstić information content (AvgIpc) is 2.69. The summed E-state index contributed by atoms with van der Waals surface area (Å²) in [6, 6.07) is 23.9. The van der Waals surface area contributed by atoms with Crippen molar-refractivity contribution in [1.82, 2.24) is 0 Å². The van der Waals surface area contributed by atoms with Crippen LogP contribution < -0.4 is 10.9 Å². The molecule has 0 heterocycles. The molecule has 2 nitrogen and oxygen atoms in total. The van der Waals surface area contributed by atoms with E-state index in [2.05, 4.69) is 42.5 Å². The molecule has 0 aromatic heterocycles. The quantitative estimate of drug-likeness (QED) is 0.222. The zero-order chi connectivity index (χ0) is 17.4. The molecular formula is C24H12O2. The molecule has 0 aliphatic carbocycles. The molecule has 0 bridgehead atoms. The molecule has 6 aromatic rings. The van der Waals surface area contributed by atoms with Gasteiger partial charge in [-0.1, -0.05) is 54.6 Å². The van der Waals surface area contributed by atoms with Crippen molar-refractivity contribution in [2.75, 3.05) is 0 Å². The minimum Gasteiger partial charge on any atom is -0.286 e. The lowest BCUT2D eigenvalue weighted by atomic mass is 9.87. The normalized spacial score (nSPS) is 12.2. The fourth-order valence-corrected chi connectivity index (χ4v) is 4.46. The Labute approximate surface area is 147 Å². The number of hydrogen-bond donors (Lipinski definition) is 0. The summed E-state index contributed by atoms with van der Waals surface area (Å²) < 4.78 is 0. The first-order valence-electron chi connectivity index (χ1n) is 8.63. The van der Waals surface area contributed by atoms with E-state index in [0.717, 1.165) is 21.5 Å². The third kappa shape index (κ3) is 1.52. The maximum Gasteiger partial charge on any atom is 0.233 e. The van der Waals surface area contributed by atoms with Crippen LogP contribution >= 0.6 is 0 Å². The highest BCUT2D eigenvalue weighted by Crippen LogP contribution is 2.42. The van der Waals surface area contributed by atoms with Gasteiger partial charge in [0.2, 0.25) is 10.9 Å². The van der Waals surface area contributed by atoms with Gasteiger partial charge in [-0.3, -0.25) is 9.59 Å². The third-order valence-electron chi connectivity index (χ3n) is 5.54. The summed E-state index contributed by atoms with van der Waals surface area (Å²) in [4.78, 5) is 24.4. The first kappa shape index (κ1) is 13.7. The van der Waals surface area contributed by atoms with E-state index in [0.29, 0.717) is 5.39 Å². The maximum atomic E-state index is 12.5. The van der Waals surface area contributed by atoms with Gasteiger partial charge >= 0.3 is 0 Å². The van der Waals surface area contributed by atoms with Crippen LogP contribution in [-0.4, -0.2) is 0 Å². The number of hydrogen-bond acceptors (Lipinski definition) is 2. The Morgan fingerprint density at radius 2 is 1.15 bits per heavy atom. The van der Waals surface area contributed by atoms with Crippen LogP contribution in [-0.2, 0) is 0 Å². The van der Waals surface area contributed by atoms with E-state index >= 15 is 0 Å². The molecule has 6 rings (SSSR count). The minimum atomic E-state index is -0.449. The predicted molar refractivity (Wildman–Crippen MR) is 109 cm³/mol. The van der Waals surface area contributed by atoms with Gasteiger partial charge in [-0.25, -0.2) is 0 Å². The summed E-state index contributed by atoms with van der Waals surface area (Å²) in [5.41, 5.74) is -0.869. The van der Waals surface area contributed by atoms with Crippen molar-refractivity contribution in [3.05, 3.63) is 93.2 Å². The molecule has 0 spiro atoms. The monoisotopic (exact) mass is 332 g/mol. The summed E-state index contributed by atoms with van der Waals surface area (Å²) in [5.74, 6) is 0. The molecule has 120 valence electrons. The Morgan fingerprint density at radius 3 is 2.04 bits per heavy atom. The van der Waals surface area contributed by atoms with Crippen molar-refractivity contribution in [3.8, 4) is 0 Å². The fourth-order valence-electron chi connectivity index (χ4n) is 4.46. The van der Waals surface area contributed by atoms with E-state index in [9.17, 15) is 9.59 Å². The Hall–Kier alpha value is -3.52. The molecule has 6 aromatic carbocycles. The van der Waals surface area contributed by atoms with Crippen LogP contribution in [0.4, 0.5) is 0 Å². The van der Waals surface area contributed by atoms with Crippen LogP contribution in [0, 0.1) is 0 Å². The molecule has 0 radical (unpaired) electrons. The van der Waals surface area contributed by atoms with Crippen LogP contribution in [0.1, 0.15) is 0 Å². The Balaban J connectivity index is 2.15. The number of benzene rings is 6. The van der Waals surface area contributed by atoms with Crippen LogP contribution in [0.2, 0.25) is 0 Å². The molecule has 0 amide bonds. The molecule has 0 saturated carbocycles. The van der Waals surface area contributed by atoms with Gasteiger partial charge in [0.15, 0.2) is 0 Å². The van der Waals surface area contributed by atoms with Gasteiger partial charge in [0.1, 0.15) is 0 Å². The summed E-state index contributed by atoms with van der Waals surface area (Å²) in [6.45, 7) is 0. The summed E-state index contributed by atoms with van der Waals surface area (Å²) >= 11 is 0. The summed E-state index contributed by atoms with van der Waals surface area (Å²) in [6.07, 6.45) is 0. The van der Waals surface area contributed by atoms with Crippen molar-refractivity contribution in [3.63, 3.8) is 0 Å². The fraction of sp³-hybridized carbons (Fsp3) is 0. The van der Waals surface area contributed by atoms with Crippen molar-refractivity contribution in [1.29, 1.82) is 0 Å². The van der Waals surface area contributed by atoms with Gasteiger partial charge in [0.25, 0.3) is 0 Å². The van der Waals surface area contributed by atoms with Crippen molar-refractivity contribution in [2.24, 2.45) is 0 Å². The summed E-state index contributed by atoms with van der Waals surface area (Å²) in [7, 11) is 0. The molecule has 0 aliphatic heterocycles. The lowest BCUT2D eigenvalue weighted by Gasteiger charge is -2.16. The summed E-state index contributed by atoms with van der Waals surface area (Å²) in [5, 5.41) is 10.5. The Morgan fingerprint density at radius 1 is 0.462 bits per heavy atom. The standard InChI is InChI=1S/C24H12O2/c25-20-11-10-18-19(24(20)26)12-14-9-8-13-4-3-7-16-15-5-1-2-6-17(15)23(18)22(14)21(13)16/h1-12H. The van der Waals surface area contributed by atoms with Crippen LogP contribution in [0.3, 0.4) is 0 Å². The second kappa shape index (κ2) is 4.55. The topological polar surface area (TPSA) is 34.1 Å². The molecule has 0 fully saturated rings. The van der Waals surface area contributed by atoms with E-state index in [1.54, 1.807) is 6.07 Å². The molecule has 0 unspecified atom stereocenters. The molecule has 0 N–H and O–H groups in total. The van der Waals surface area contributed by atoms with Crippen LogP contribution in [0.5, 0.6) is 0 Å². The van der Waals surface area contributed by atoms with E-state index < -0.39 is 10.9 Å². The van der Waals surface area contributed by atoms with Crippen molar-refractivity contribution < 1.29 is 0 Å². The minimum absolute atomic E-state index is 0.419. The number of fused-ring (bicyclic) bond motifs is 5. The SMILES string of the molecule is O=c1ccc2c(cc3ccc4cccc5c6ccccc6c2c3c45)c1=O. The zero-order valence-corrected chi connectivity index (χ0v) is 13.7. The Kier molecular flexibility index (Phi) is 2.41. The second-order valence-electron chi connectivity index (χ2n) is 6.85. The van der Waals surface area contributed by atoms with Gasteiger partial charge in [-0.15, -0.1) is 0 Å². The van der Waals surface area contributed by atoms with Gasteiger partial charge in [-0.2, -0.15) is 0 Å². The molecule has 2 heteroatoms.